The van der Waals surface area contributed by atoms with Gasteiger partial charge in [-0.1, -0.05) is 45.1 Å². The van der Waals surface area contributed by atoms with Gasteiger partial charge in [0.2, 0.25) is 5.91 Å². The van der Waals surface area contributed by atoms with Crippen LogP contribution in [-0.4, -0.2) is 24.1 Å². The van der Waals surface area contributed by atoms with Gasteiger partial charge in [-0.25, -0.2) is 0 Å². The number of hydrogen-bond acceptors (Lipinski definition) is 3. The van der Waals surface area contributed by atoms with E-state index >= 15 is 0 Å². The van der Waals surface area contributed by atoms with E-state index in [0.29, 0.717) is 30.9 Å². The van der Waals surface area contributed by atoms with Crippen molar-refractivity contribution in [3.63, 3.8) is 0 Å². The number of nitrogens with one attached hydrogen (secondary N) is 1. The summed E-state index contributed by atoms with van der Waals surface area (Å²) in [5.41, 5.74) is 7.19. The maximum Gasteiger partial charge on any atom is 0.226 e. The molecule has 0 atom stereocenters. The largest absolute Gasteiger partial charge is 0.389 e. The molecule has 0 aliphatic heterocycles. The van der Waals surface area contributed by atoms with Gasteiger partial charge in [0.25, 0.3) is 0 Å². The molecule has 1 rings (SSSR count). The zero-order chi connectivity index (χ0) is 15.9. The summed E-state index contributed by atoms with van der Waals surface area (Å²) in [6, 6.07) is 7.24. The molecule has 1 aromatic carbocycles. The monoisotopic (exact) mass is 308 g/mol. The number of amides is 1. The Balaban J connectivity index is 2.36. The number of rotatable bonds is 7. The minimum absolute atomic E-state index is 0.102. The number of thiocarbonyl (C=S) groups is 1. The van der Waals surface area contributed by atoms with Crippen molar-refractivity contribution in [3.05, 3.63) is 29.8 Å². The summed E-state index contributed by atoms with van der Waals surface area (Å²) in [7, 11) is 0. The number of carbonyl (C=O) groups is 1. The Kier molecular flexibility index (Phi) is 6.78. The van der Waals surface area contributed by atoms with E-state index in [4.69, 9.17) is 22.7 Å². The Morgan fingerprint density at radius 2 is 1.95 bits per heavy atom. The number of benzene rings is 1. The SMILES string of the molecule is CC(C)(C)CCOCCC(=O)Nc1ccccc1C(N)=S. The lowest BCUT2D eigenvalue weighted by molar-refractivity contribution is -0.117. The molecule has 21 heavy (non-hydrogen) atoms. The first-order valence-electron chi connectivity index (χ1n) is 7.06. The van der Waals surface area contributed by atoms with Crippen LogP contribution in [0.15, 0.2) is 24.3 Å². The topological polar surface area (TPSA) is 64.3 Å². The van der Waals surface area contributed by atoms with Crippen LogP contribution in [0.1, 0.15) is 39.2 Å². The molecule has 0 aliphatic rings. The Hall–Kier alpha value is -1.46. The number of ether oxygens (including phenoxy) is 1. The van der Waals surface area contributed by atoms with Crippen LogP contribution in [0.2, 0.25) is 0 Å². The highest BCUT2D eigenvalue weighted by Crippen LogP contribution is 2.18. The summed E-state index contributed by atoms with van der Waals surface area (Å²) in [6.07, 6.45) is 1.29. The zero-order valence-corrected chi connectivity index (χ0v) is 13.8. The fourth-order valence-corrected chi connectivity index (χ4v) is 1.84. The van der Waals surface area contributed by atoms with E-state index in [2.05, 4.69) is 26.1 Å². The van der Waals surface area contributed by atoms with Crippen molar-refractivity contribution < 1.29 is 9.53 Å². The van der Waals surface area contributed by atoms with Gasteiger partial charge < -0.3 is 15.8 Å². The normalized spacial score (nSPS) is 11.2. The Morgan fingerprint density at radius 3 is 2.57 bits per heavy atom. The van der Waals surface area contributed by atoms with E-state index in [1.54, 1.807) is 12.1 Å². The van der Waals surface area contributed by atoms with E-state index in [1.807, 2.05) is 12.1 Å². The lowest BCUT2D eigenvalue weighted by Crippen LogP contribution is -2.19. The van der Waals surface area contributed by atoms with Gasteiger partial charge in [-0.3, -0.25) is 4.79 Å². The van der Waals surface area contributed by atoms with E-state index in [9.17, 15) is 4.79 Å². The Morgan fingerprint density at radius 1 is 1.29 bits per heavy atom. The first kappa shape index (κ1) is 17.6. The highest BCUT2D eigenvalue weighted by atomic mass is 32.1. The fourth-order valence-electron chi connectivity index (χ4n) is 1.66. The molecule has 0 unspecified atom stereocenters. The smallest absolute Gasteiger partial charge is 0.226 e. The van der Waals surface area contributed by atoms with Gasteiger partial charge in [-0.2, -0.15) is 0 Å². The molecule has 0 aromatic heterocycles. The number of nitrogens with two attached hydrogens (primary N) is 1. The van der Waals surface area contributed by atoms with Gasteiger partial charge in [0.15, 0.2) is 0 Å². The van der Waals surface area contributed by atoms with Crippen LogP contribution in [-0.2, 0) is 9.53 Å². The van der Waals surface area contributed by atoms with Gasteiger partial charge in [0, 0.05) is 12.2 Å². The van der Waals surface area contributed by atoms with E-state index in [-0.39, 0.29) is 16.3 Å². The summed E-state index contributed by atoms with van der Waals surface area (Å²) in [6.45, 7) is 7.57. The van der Waals surface area contributed by atoms with Crippen LogP contribution < -0.4 is 11.1 Å². The highest BCUT2D eigenvalue weighted by Gasteiger charge is 2.10. The summed E-state index contributed by atoms with van der Waals surface area (Å²) in [5, 5.41) is 2.81. The zero-order valence-electron chi connectivity index (χ0n) is 12.9. The third-order valence-corrected chi connectivity index (χ3v) is 3.16. The van der Waals surface area contributed by atoms with Crippen LogP contribution in [0.3, 0.4) is 0 Å². The summed E-state index contributed by atoms with van der Waals surface area (Å²) in [5.74, 6) is -0.102. The lowest BCUT2D eigenvalue weighted by Gasteiger charge is -2.17. The molecule has 0 fully saturated rings. The molecule has 0 radical (unpaired) electrons. The van der Waals surface area contributed by atoms with Crippen molar-refractivity contribution >= 4 is 28.8 Å². The van der Waals surface area contributed by atoms with Crippen molar-refractivity contribution in [1.29, 1.82) is 0 Å². The third kappa shape index (κ3) is 7.20. The van der Waals surface area contributed by atoms with Crippen LogP contribution in [0.4, 0.5) is 5.69 Å². The molecule has 1 aromatic rings. The third-order valence-electron chi connectivity index (χ3n) is 2.94. The second kappa shape index (κ2) is 8.10. The van der Waals surface area contributed by atoms with Gasteiger partial charge in [-0.15, -0.1) is 0 Å². The van der Waals surface area contributed by atoms with Crippen molar-refractivity contribution in [2.45, 2.75) is 33.6 Å². The molecule has 0 heterocycles. The molecule has 0 spiro atoms. The maximum atomic E-state index is 11.9. The first-order chi connectivity index (χ1) is 9.79. The molecule has 0 aliphatic carbocycles. The van der Waals surface area contributed by atoms with Crippen LogP contribution in [0.5, 0.6) is 0 Å². The molecule has 5 heteroatoms. The van der Waals surface area contributed by atoms with Crippen LogP contribution in [0, 0.1) is 5.41 Å². The molecule has 3 N–H and O–H groups in total. The molecule has 0 bridgehead atoms. The minimum atomic E-state index is -0.102. The molecule has 116 valence electrons. The maximum absolute atomic E-state index is 11.9. The Labute approximate surface area is 132 Å². The summed E-state index contributed by atoms with van der Waals surface area (Å²) in [4.78, 5) is 12.1. The number of hydrogen-bond donors (Lipinski definition) is 2. The minimum Gasteiger partial charge on any atom is -0.389 e. The van der Waals surface area contributed by atoms with Gasteiger partial charge >= 0.3 is 0 Å². The molecule has 0 saturated carbocycles. The van der Waals surface area contributed by atoms with Crippen molar-refractivity contribution in [2.75, 3.05) is 18.5 Å². The summed E-state index contributed by atoms with van der Waals surface area (Å²) < 4.78 is 5.48. The number of anilines is 1. The second-order valence-electron chi connectivity index (χ2n) is 6.13. The van der Waals surface area contributed by atoms with Gasteiger partial charge in [-0.05, 0) is 24.0 Å². The molecule has 1 amide bonds. The van der Waals surface area contributed by atoms with E-state index in [1.165, 1.54) is 0 Å². The van der Waals surface area contributed by atoms with Gasteiger partial charge in [0.05, 0.1) is 18.7 Å². The van der Waals surface area contributed by atoms with E-state index in [0.717, 1.165) is 6.42 Å². The second-order valence-corrected chi connectivity index (χ2v) is 6.57. The first-order valence-corrected chi connectivity index (χ1v) is 7.47. The average Bonchev–Trinajstić information content (AvgIpc) is 2.37. The van der Waals surface area contributed by atoms with Crippen molar-refractivity contribution in [3.8, 4) is 0 Å². The number of carbonyl (C=O) groups excluding carboxylic acids is 1. The Bertz CT molecular complexity index is 495. The molecule has 4 nitrogen and oxygen atoms in total. The predicted molar refractivity (Wildman–Crippen MR) is 90.5 cm³/mol. The highest BCUT2D eigenvalue weighted by molar-refractivity contribution is 7.80. The lowest BCUT2D eigenvalue weighted by atomic mass is 9.93. The number of para-hydroxylation sites is 1. The molecule has 0 saturated heterocycles. The summed E-state index contributed by atoms with van der Waals surface area (Å²) >= 11 is 4.96. The van der Waals surface area contributed by atoms with Gasteiger partial charge in [0.1, 0.15) is 4.99 Å². The quantitative estimate of drug-likeness (QED) is 0.600. The van der Waals surface area contributed by atoms with Crippen molar-refractivity contribution in [2.24, 2.45) is 11.1 Å². The average molecular weight is 308 g/mol. The fraction of sp³-hybridized carbons (Fsp3) is 0.500. The van der Waals surface area contributed by atoms with Crippen LogP contribution >= 0.6 is 12.2 Å². The molecular weight excluding hydrogens is 284 g/mol. The van der Waals surface area contributed by atoms with Crippen LogP contribution in [0.25, 0.3) is 0 Å². The van der Waals surface area contributed by atoms with E-state index < -0.39 is 0 Å². The predicted octanol–water partition coefficient (Wildman–Crippen LogP) is 3.10. The van der Waals surface area contributed by atoms with Crippen molar-refractivity contribution in [1.82, 2.24) is 0 Å². The standard InChI is InChI=1S/C16H24N2O2S/c1-16(2,3)9-11-20-10-8-14(19)18-13-7-5-4-6-12(13)15(17)21/h4-7H,8-11H2,1-3H3,(H2,17,21)(H,18,19). The molecular formula is C16H24N2O2S.